The first-order chi connectivity index (χ1) is 8.84. The van der Waals surface area contributed by atoms with Crippen molar-refractivity contribution in [3.05, 3.63) is 22.2 Å². The van der Waals surface area contributed by atoms with Gasteiger partial charge in [-0.15, -0.1) is 0 Å². The van der Waals surface area contributed by atoms with Crippen molar-refractivity contribution in [1.29, 1.82) is 0 Å². The van der Waals surface area contributed by atoms with Crippen LogP contribution >= 0.6 is 15.9 Å². The quantitative estimate of drug-likeness (QED) is 0.911. The summed E-state index contributed by atoms with van der Waals surface area (Å²) in [6.45, 7) is 3.57. The summed E-state index contributed by atoms with van der Waals surface area (Å²) in [6.07, 6.45) is 3.62. The van der Waals surface area contributed by atoms with Gasteiger partial charge >= 0.3 is 0 Å². The van der Waals surface area contributed by atoms with Gasteiger partial charge in [-0.2, -0.15) is 0 Å². The summed E-state index contributed by atoms with van der Waals surface area (Å²) in [4.78, 5) is 0. The van der Waals surface area contributed by atoms with Gasteiger partial charge in [0.05, 0.1) is 0 Å². The van der Waals surface area contributed by atoms with E-state index in [1.54, 1.807) is 0 Å². The first kappa shape index (κ1) is 12.3. The van der Waals surface area contributed by atoms with E-state index in [0.717, 1.165) is 35.5 Å². The lowest BCUT2D eigenvalue weighted by Gasteiger charge is -2.26. The van der Waals surface area contributed by atoms with E-state index in [1.165, 1.54) is 18.4 Å². The molecule has 0 spiro atoms. The highest BCUT2D eigenvalue weighted by Gasteiger charge is 2.22. The van der Waals surface area contributed by atoms with Crippen molar-refractivity contribution in [2.24, 2.45) is 5.92 Å². The Bertz CT molecular complexity index is 430. The number of ether oxygens (including phenoxy) is 2. The third-order valence-corrected chi connectivity index (χ3v) is 4.39. The molecule has 0 radical (unpaired) electrons. The maximum absolute atomic E-state index is 5.80. The predicted molar refractivity (Wildman–Crippen MR) is 74.4 cm³/mol. The molecule has 2 aliphatic rings. The van der Waals surface area contributed by atoms with Gasteiger partial charge in [-0.25, -0.2) is 0 Å². The van der Waals surface area contributed by atoms with Crippen LogP contribution in [0.25, 0.3) is 0 Å². The summed E-state index contributed by atoms with van der Waals surface area (Å²) in [5.41, 5.74) is 1.26. The molecule has 1 fully saturated rings. The van der Waals surface area contributed by atoms with Crippen molar-refractivity contribution in [2.45, 2.75) is 19.3 Å². The van der Waals surface area contributed by atoms with E-state index in [2.05, 4.69) is 27.3 Å². The van der Waals surface area contributed by atoms with Crippen molar-refractivity contribution >= 4 is 15.9 Å². The monoisotopic (exact) mass is 311 g/mol. The van der Waals surface area contributed by atoms with Crippen LogP contribution in [0.15, 0.2) is 16.6 Å². The van der Waals surface area contributed by atoms with E-state index >= 15 is 0 Å². The van der Waals surface area contributed by atoms with Crippen LogP contribution in [0.3, 0.4) is 0 Å². The zero-order valence-corrected chi connectivity index (χ0v) is 12.0. The second kappa shape index (κ2) is 5.49. The molecule has 4 heteroatoms. The summed E-state index contributed by atoms with van der Waals surface area (Å²) in [5, 5.41) is 3.47. The first-order valence-corrected chi connectivity index (χ1v) is 7.41. The van der Waals surface area contributed by atoms with Gasteiger partial charge in [-0.1, -0.05) is 15.9 Å². The van der Waals surface area contributed by atoms with Crippen molar-refractivity contribution in [1.82, 2.24) is 5.32 Å². The van der Waals surface area contributed by atoms with Crippen LogP contribution in [-0.2, 0) is 6.42 Å². The highest BCUT2D eigenvalue weighted by Crippen LogP contribution is 2.39. The molecule has 1 aromatic carbocycles. The van der Waals surface area contributed by atoms with Crippen LogP contribution in [0.5, 0.6) is 11.5 Å². The van der Waals surface area contributed by atoms with Crippen molar-refractivity contribution in [3.8, 4) is 11.5 Å². The smallest absolute Gasteiger partial charge is 0.165 e. The normalized spacial score (nSPS) is 22.8. The fraction of sp³-hybridized carbons (Fsp3) is 0.571. The number of hydrogen-bond donors (Lipinski definition) is 1. The maximum Gasteiger partial charge on any atom is 0.165 e. The fourth-order valence-corrected chi connectivity index (χ4v) is 3.20. The SMILES string of the molecule is Brc1ccc2c(c1CC1CCCNC1)OCCO2. The third-order valence-electron chi connectivity index (χ3n) is 3.65. The van der Waals surface area contributed by atoms with Gasteiger partial charge in [-0.05, 0) is 50.4 Å². The van der Waals surface area contributed by atoms with Gasteiger partial charge < -0.3 is 14.8 Å². The van der Waals surface area contributed by atoms with E-state index in [1.807, 2.05) is 6.07 Å². The van der Waals surface area contributed by atoms with Crippen LogP contribution in [0.2, 0.25) is 0 Å². The molecule has 3 rings (SSSR count). The summed E-state index contributed by atoms with van der Waals surface area (Å²) < 4.78 is 12.6. The molecular formula is C14H18BrNO2. The molecule has 98 valence electrons. The molecule has 1 N–H and O–H groups in total. The summed E-state index contributed by atoms with van der Waals surface area (Å²) in [7, 11) is 0. The van der Waals surface area contributed by atoms with Crippen LogP contribution in [0.1, 0.15) is 18.4 Å². The number of hydrogen-bond acceptors (Lipinski definition) is 3. The zero-order valence-electron chi connectivity index (χ0n) is 10.4. The molecule has 0 bridgehead atoms. The number of piperidine rings is 1. The van der Waals surface area contributed by atoms with Gasteiger partial charge in [0.1, 0.15) is 13.2 Å². The minimum atomic E-state index is 0.652. The van der Waals surface area contributed by atoms with E-state index in [4.69, 9.17) is 9.47 Å². The van der Waals surface area contributed by atoms with Crippen molar-refractivity contribution in [3.63, 3.8) is 0 Å². The molecular weight excluding hydrogens is 294 g/mol. The molecule has 2 heterocycles. The summed E-state index contributed by atoms with van der Waals surface area (Å²) in [6, 6.07) is 4.06. The average molecular weight is 312 g/mol. The Hall–Kier alpha value is -0.740. The minimum absolute atomic E-state index is 0.652. The highest BCUT2D eigenvalue weighted by molar-refractivity contribution is 9.10. The van der Waals surface area contributed by atoms with E-state index in [-0.39, 0.29) is 0 Å². The van der Waals surface area contributed by atoms with E-state index < -0.39 is 0 Å². The Balaban J connectivity index is 1.85. The van der Waals surface area contributed by atoms with Gasteiger partial charge in [-0.3, -0.25) is 0 Å². The number of rotatable bonds is 2. The number of nitrogens with one attached hydrogen (secondary N) is 1. The van der Waals surface area contributed by atoms with Crippen LogP contribution in [0, 0.1) is 5.92 Å². The van der Waals surface area contributed by atoms with Crippen molar-refractivity contribution in [2.75, 3.05) is 26.3 Å². The Morgan fingerprint density at radius 2 is 2.17 bits per heavy atom. The Morgan fingerprint density at radius 1 is 1.28 bits per heavy atom. The third kappa shape index (κ3) is 2.50. The number of benzene rings is 1. The van der Waals surface area contributed by atoms with Gasteiger partial charge in [0, 0.05) is 10.0 Å². The first-order valence-electron chi connectivity index (χ1n) is 6.62. The summed E-state index contributed by atoms with van der Waals surface area (Å²) in [5.74, 6) is 2.54. The van der Waals surface area contributed by atoms with Crippen LogP contribution < -0.4 is 14.8 Å². The lowest BCUT2D eigenvalue weighted by atomic mass is 9.92. The van der Waals surface area contributed by atoms with Crippen LogP contribution in [0.4, 0.5) is 0 Å². The second-order valence-corrected chi connectivity index (χ2v) is 5.82. The molecule has 0 saturated carbocycles. The standard InChI is InChI=1S/C14H18BrNO2/c15-12-3-4-13-14(18-7-6-17-13)11(12)8-10-2-1-5-16-9-10/h3-4,10,16H,1-2,5-9H2. The van der Waals surface area contributed by atoms with Gasteiger partial charge in [0.2, 0.25) is 0 Å². The molecule has 1 atom stereocenters. The Morgan fingerprint density at radius 3 is 3.00 bits per heavy atom. The van der Waals surface area contributed by atoms with E-state index in [9.17, 15) is 0 Å². The van der Waals surface area contributed by atoms with Crippen molar-refractivity contribution < 1.29 is 9.47 Å². The lowest BCUT2D eigenvalue weighted by Crippen LogP contribution is -2.31. The lowest BCUT2D eigenvalue weighted by molar-refractivity contribution is 0.169. The largest absolute Gasteiger partial charge is 0.486 e. The minimum Gasteiger partial charge on any atom is -0.486 e. The summed E-state index contributed by atoms with van der Waals surface area (Å²) >= 11 is 3.65. The van der Waals surface area contributed by atoms with E-state index in [0.29, 0.717) is 19.1 Å². The van der Waals surface area contributed by atoms with Gasteiger partial charge in [0.15, 0.2) is 11.5 Å². The maximum atomic E-state index is 5.80. The van der Waals surface area contributed by atoms with Gasteiger partial charge in [0.25, 0.3) is 0 Å². The zero-order chi connectivity index (χ0) is 12.4. The molecule has 1 aromatic rings. The molecule has 18 heavy (non-hydrogen) atoms. The number of halogens is 1. The topological polar surface area (TPSA) is 30.5 Å². The second-order valence-electron chi connectivity index (χ2n) is 4.97. The molecule has 0 amide bonds. The highest BCUT2D eigenvalue weighted by atomic mass is 79.9. The molecule has 2 aliphatic heterocycles. The molecule has 3 nitrogen and oxygen atoms in total. The predicted octanol–water partition coefficient (Wildman–Crippen LogP) is 2.76. The average Bonchev–Trinajstić information content (AvgIpc) is 2.43. The fourth-order valence-electron chi connectivity index (χ4n) is 2.73. The Kier molecular flexibility index (Phi) is 3.75. The molecule has 1 saturated heterocycles. The van der Waals surface area contributed by atoms with Crippen LogP contribution in [-0.4, -0.2) is 26.3 Å². The molecule has 1 unspecified atom stereocenters. The molecule has 0 aromatic heterocycles. The Labute approximate surface area is 116 Å². The molecule has 0 aliphatic carbocycles. The number of fused-ring (bicyclic) bond motifs is 1.